The molecule has 7 amide bonds. The molecule has 0 bridgehead atoms. The van der Waals surface area contributed by atoms with Crippen LogP contribution >= 0.6 is 0 Å². The number of benzene rings is 1. The second kappa shape index (κ2) is 18.2. The summed E-state index contributed by atoms with van der Waals surface area (Å²) in [4.78, 5) is 97.1. The first-order valence-corrected chi connectivity index (χ1v) is 19.5. The minimum Gasteiger partial charge on any atom is -0.347 e. The Hall–Kier alpha value is -4.49. The van der Waals surface area contributed by atoms with Crippen molar-refractivity contribution in [2.24, 2.45) is 17.3 Å². The van der Waals surface area contributed by atoms with Gasteiger partial charge < -0.3 is 36.4 Å². The molecule has 54 heavy (non-hydrogen) atoms. The number of fused-ring (bicyclic) bond motifs is 3. The predicted octanol–water partition coefficient (Wildman–Crippen LogP) is 2.97. The molecule has 14 nitrogen and oxygen atoms in total. The van der Waals surface area contributed by atoms with Gasteiger partial charge in [0.2, 0.25) is 29.4 Å². The summed E-state index contributed by atoms with van der Waals surface area (Å²) < 4.78 is 0. The lowest BCUT2D eigenvalue weighted by Crippen LogP contribution is -2.59. The van der Waals surface area contributed by atoms with E-state index in [4.69, 9.17) is 0 Å². The molecule has 0 unspecified atom stereocenters. The largest absolute Gasteiger partial charge is 0.347 e. The maximum atomic E-state index is 14.2. The van der Waals surface area contributed by atoms with E-state index in [9.17, 15) is 33.6 Å². The number of carbonyl (C=O) groups excluding carboxylic acids is 7. The molecule has 6 atom stereocenters. The summed E-state index contributed by atoms with van der Waals surface area (Å²) in [5.74, 6) is -3.88. The van der Waals surface area contributed by atoms with E-state index in [1.54, 1.807) is 49.3 Å². The van der Waals surface area contributed by atoms with Crippen LogP contribution in [0.2, 0.25) is 0 Å². The fourth-order valence-corrected chi connectivity index (χ4v) is 7.90. The highest BCUT2D eigenvalue weighted by molar-refractivity contribution is 6.38. The zero-order valence-electron chi connectivity index (χ0n) is 33.1. The SMILES string of the molecule is CN(C)C(=O)[C@@H](NC(=O)CNC(=O)C(=O)[C@@H]1CCCCCCCCCC[C@H](NC(=O)NC(C)(C)C)C(=O)N2C[C@H]3[C@@H]([C@H]2C(=O)N1)C3(C)C)c1ccccc1. The van der Waals surface area contributed by atoms with Gasteiger partial charge in [0, 0.05) is 26.2 Å². The molecule has 0 radical (unpaired) electrons. The number of urea groups is 1. The number of ketones is 1. The average molecular weight is 752 g/mol. The van der Waals surface area contributed by atoms with Crippen molar-refractivity contribution in [2.45, 2.75) is 129 Å². The number of likely N-dealkylation sites (N-methyl/N-ethyl adjacent to an activating group) is 1. The lowest BCUT2D eigenvalue weighted by atomic mass is 9.97. The van der Waals surface area contributed by atoms with Gasteiger partial charge in [0.05, 0.1) is 12.6 Å². The van der Waals surface area contributed by atoms with E-state index in [0.29, 0.717) is 24.9 Å². The van der Waals surface area contributed by atoms with Crippen LogP contribution in [0.4, 0.5) is 4.79 Å². The summed E-state index contributed by atoms with van der Waals surface area (Å²) in [6.07, 6.45) is 7.64. The first kappa shape index (κ1) is 42.3. The molecule has 1 aromatic rings. The lowest BCUT2D eigenvalue weighted by Gasteiger charge is -2.34. The first-order chi connectivity index (χ1) is 25.4. The van der Waals surface area contributed by atoms with E-state index in [2.05, 4.69) is 40.4 Å². The highest BCUT2D eigenvalue weighted by atomic mass is 16.2. The monoisotopic (exact) mass is 751 g/mol. The molecule has 14 heteroatoms. The normalized spacial score (nSPS) is 25.4. The number of carbonyl (C=O) groups is 7. The molecule has 1 aromatic carbocycles. The Morgan fingerprint density at radius 1 is 0.907 bits per heavy atom. The van der Waals surface area contributed by atoms with Gasteiger partial charge in [0.1, 0.15) is 18.1 Å². The lowest BCUT2D eigenvalue weighted by molar-refractivity contribution is -0.144. The van der Waals surface area contributed by atoms with Crippen molar-refractivity contribution >= 4 is 41.4 Å². The number of nitrogens with one attached hydrogen (secondary N) is 5. The molecule has 2 aliphatic heterocycles. The number of piperidine rings is 1. The van der Waals surface area contributed by atoms with E-state index in [1.165, 1.54) is 4.90 Å². The maximum Gasteiger partial charge on any atom is 0.315 e. The molecule has 1 aliphatic carbocycles. The first-order valence-electron chi connectivity index (χ1n) is 19.5. The minimum absolute atomic E-state index is 0.0712. The summed E-state index contributed by atoms with van der Waals surface area (Å²) >= 11 is 0. The zero-order valence-corrected chi connectivity index (χ0v) is 33.1. The summed E-state index contributed by atoms with van der Waals surface area (Å²) in [5.41, 5.74) is -0.161. The fourth-order valence-electron chi connectivity index (χ4n) is 7.90. The number of amides is 7. The third kappa shape index (κ3) is 11.0. The topological polar surface area (TPSA) is 186 Å². The molecule has 2 heterocycles. The van der Waals surface area contributed by atoms with Crippen LogP contribution in [0.1, 0.15) is 110 Å². The Balaban J connectivity index is 1.50. The molecule has 5 N–H and O–H groups in total. The third-order valence-electron chi connectivity index (χ3n) is 11.0. The molecule has 2 saturated heterocycles. The second-order valence-corrected chi connectivity index (χ2v) is 16.9. The van der Waals surface area contributed by atoms with Crippen molar-refractivity contribution in [3.8, 4) is 0 Å². The number of hydrogen-bond acceptors (Lipinski definition) is 7. The number of Topliss-reactive ketones (excluding diaryl/α,β-unsaturated/α-hetero) is 1. The quantitative estimate of drug-likeness (QED) is 0.253. The molecule has 298 valence electrons. The van der Waals surface area contributed by atoms with Crippen molar-refractivity contribution in [1.29, 1.82) is 0 Å². The smallest absolute Gasteiger partial charge is 0.315 e. The summed E-state index contributed by atoms with van der Waals surface area (Å²) in [6.45, 7) is 9.47. The maximum absolute atomic E-state index is 14.2. The van der Waals surface area contributed by atoms with Gasteiger partial charge in [-0.05, 0) is 56.4 Å². The number of hydrogen-bond donors (Lipinski definition) is 5. The van der Waals surface area contributed by atoms with Gasteiger partial charge in [0.25, 0.3) is 5.91 Å². The van der Waals surface area contributed by atoms with Crippen LogP contribution < -0.4 is 26.6 Å². The molecule has 0 aromatic heterocycles. The number of nitrogens with zero attached hydrogens (tertiary/aromatic N) is 2. The Morgan fingerprint density at radius 3 is 2.09 bits per heavy atom. The standard InChI is InChI=1S/C40H61N7O7/c1-39(2,3)45-38(54)43-28-22-18-13-11-9-8-10-12-17-21-27(42-34(50)32-30-26(40(30,4)5)24-47(32)36(28)52)33(49)35(51)41-23-29(48)44-31(37(53)46(6)7)25-19-15-14-16-20-25/h14-16,19-20,26-28,30-32H,8-13,17-18,21-24H2,1-7H3,(H,41,51)(H,42,50)(H,44,48)(H2,43,45,54)/t26-,27-,28-,30-,31-,32-/m0/s1. The highest BCUT2D eigenvalue weighted by Gasteiger charge is 2.69. The molecule has 3 fully saturated rings. The van der Waals surface area contributed by atoms with E-state index >= 15 is 0 Å². The Labute approximate surface area is 319 Å². The van der Waals surface area contributed by atoms with Gasteiger partial charge in [0.15, 0.2) is 0 Å². The summed E-state index contributed by atoms with van der Waals surface area (Å²) in [6, 6.07) is 4.37. The van der Waals surface area contributed by atoms with E-state index in [-0.39, 0.29) is 35.5 Å². The van der Waals surface area contributed by atoms with Gasteiger partial charge in [-0.1, -0.05) is 95.5 Å². The second-order valence-electron chi connectivity index (χ2n) is 16.9. The minimum atomic E-state index is -1.17. The van der Waals surface area contributed by atoms with Crippen molar-refractivity contribution < 1.29 is 33.6 Å². The Morgan fingerprint density at radius 2 is 1.50 bits per heavy atom. The van der Waals surface area contributed by atoms with E-state index in [0.717, 1.165) is 44.9 Å². The predicted molar refractivity (Wildman–Crippen MR) is 204 cm³/mol. The highest BCUT2D eigenvalue weighted by Crippen LogP contribution is 2.65. The molecule has 4 rings (SSSR count). The van der Waals surface area contributed by atoms with Crippen molar-refractivity contribution in [2.75, 3.05) is 27.2 Å². The van der Waals surface area contributed by atoms with Crippen LogP contribution in [0, 0.1) is 17.3 Å². The van der Waals surface area contributed by atoms with Crippen molar-refractivity contribution in [1.82, 2.24) is 36.4 Å². The molecular formula is C40H61N7O7. The average Bonchev–Trinajstić information content (AvgIpc) is 3.41. The molecule has 1 saturated carbocycles. The van der Waals surface area contributed by atoms with E-state index in [1.807, 2.05) is 20.8 Å². The van der Waals surface area contributed by atoms with Gasteiger partial charge in [-0.2, -0.15) is 0 Å². The molecule has 0 spiro atoms. The van der Waals surface area contributed by atoms with Gasteiger partial charge in [-0.3, -0.25) is 28.8 Å². The van der Waals surface area contributed by atoms with Gasteiger partial charge in [-0.25, -0.2) is 4.79 Å². The van der Waals surface area contributed by atoms with Crippen LogP contribution in [-0.2, 0) is 28.8 Å². The van der Waals surface area contributed by atoms with Crippen molar-refractivity contribution in [3.05, 3.63) is 35.9 Å². The van der Waals surface area contributed by atoms with Crippen LogP contribution in [0.15, 0.2) is 30.3 Å². The molecular weight excluding hydrogens is 690 g/mol. The zero-order chi connectivity index (χ0) is 39.8. The Bertz CT molecular complexity index is 1540. The van der Waals surface area contributed by atoms with Crippen LogP contribution in [0.5, 0.6) is 0 Å². The fraction of sp³-hybridized carbons (Fsp3) is 0.675. The van der Waals surface area contributed by atoms with Crippen LogP contribution in [0.25, 0.3) is 0 Å². The van der Waals surface area contributed by atoms with Crippen LogP contribution in [-0.4, -0.2) is 102 Å². The van der Waals surface area contributed by atoms with Gasteiger partial charge >= 0.3 is 6.03 Å². The van der Waals surface area contributed by atoms with Crippen LogP contribution in [0.3, 0.4) is 0 Å². The Kier molecular flexibility index (Phi) is 14.3. The van der Waals surface area contributed by atoms with E-state index < -0.39 is 65.8 Å². The third-order valence-corrected chi connectivity index (χ3v) is 11.0. The summed E-state index contributed by atoms with van der Waals surface area (Å²) in [7, 11) is 3.14. The van der Waals surface area contributed by atoms with Crippen molar-refractivity contribution in [3.63, 3.8) is 0 Å². The molecule has 3 aliphatic rings. The van der Waals surface area contributed by atoms with Gasteiger partial charge in [-0.15, -0.1) is 0 Å². The number of rotatable bonds is 8. The summed E-state index contributed by atoms with van der Waals surface area (Å²) in [5, 5.41) is 13.6.